The number of aryl methyl sites for hydroxylation is 2. The van der Waals surface area contributed by atoms with Crippen molar-refractivity contribution in [1.29, 1.82) is 0 Å². The normalized spacial score (nSPS) is 15.2. The van der Waals surface area contributed by atoms with Crippen LogP contribution < -0.4 is 0 Å². The summed E-state index contributed by atoms with van der Waals surface area (Å²) in [5.41, 5.74) is 2.45. The Morgan fingerprint density at radius 3 is 2.41 bits per heavy atom. The molecule has 0 spiro atoms. The number of carbonyl (C=O) groups is 1. The minimum Gasteiger partial charge on any atom is -0.339 e. The molecule has 1 aromatic heterocycles. The monoisotopic (exact) mass is 456 g/mol. The second kappa shape index (κ2) is 8.36. The highest BCUT2D eigenvalue weighted by molar-refractivity contribution is 7.89. The predicted octanol–water partition coefficient (Wildman–Crippen LogP) is 2.70. The van der Waals surface area contributed by atoms with E-state index in [-0.39, 0.29) is 31.2 Å². The van der Waals surface area contributed by atoms with Gasteiger partial charge >= 0.3 is 0 Å². The lowest BCUT2D eigenvalue weighted by molar-refractivity contribution is -0.384. The first-order valence-corrected chi connectivity index (χ1v) is 11.7. The molecule has 1 aliphatic rings. The summed E-state index contributed by atoms with van der Waals surface area (Å²) in [5.74, 6) is -0.121. The fourth-order valence-electron chi connectivity index (χ4n) is 4.09. The van der Waals surface area contributed by atoms with E-state index in [4.69, 9.17) is 0 Å². The van der Waals surface area contributed by atoms with Crippen LogP contribution in [-0.2, 0) is 21.4 Å². The largest absolute Gasteiger partial charge is 0.339 e. The van der Waals surface area contributed by atoms with Crippen molar-refractivity contribution in [3.8, 4) is 0 Å². The second-order valence-corrected chi connectivity index (χ2v) is 9.90. The van der Waals surface area contributed by atoms with Crippen LogP contribution in [-0.4, -0.2) is 59.2 Å². The number of hydrogen-bond acceptors (Lipinski definition) is 5. The third-order valence-corrected chi connectivity index (χ3v) is 7.87. The van der Waals surface area contributed by atoms with Crippen LogP contribution in [0, 0.1) is 24.0 Å². The zero-order valence-corrected chi connectivity index (χ0v) is 18.7. The molecule has 2 aromatic carbocycles. The number of benzene rings is 2. The zero-order valence-electron chi connectivity index (χ0n) is 17.9. The van der Waals surface area contributed by atoms with Crippen molar-refractivity contribution in [2.75, 3.05) is 26.2 Å². The van der Waals surface area contributed by atoms with Gasteiger partial charge in [-0.1, -0.05) is 17.7 Å². The summed E-state index contributed by atoms with van der Waals surface area (Å²) in [4.78, 5) is 25.3. The van der Waals surface area contributed by atoms with Gasteiger partial charge in [-0.05, 0) is 37.6 Å². The van der Waals surface area contributed by atoms with E-state index in [2.05, 4.69) is 0 Å². The van der Waals surface area contributed by atoms with Crippen LogP contribution >= 0.6 is 0 Å². The van der Waals surface area contributed by atoms with Crippen molar-refractivity contribution in [1.82, 2.24) is 13.8 Å². The smallest absolute Gasteiger partial charge is 0.270 e. The lowest BCUT2D eigenvalue weighted by Gasteiger charge is -2.34. The van der Waals surface area contributed by atoms with E-state index in [1.165, 1.54) is 16.4 Å². The van der Waals surface area contributed by atoms with E-state index in [0.29, 0.717) is 28.9 Å². The number of carbonyl (C=O) groups excluding carboxylic acids is 1. The van der Waals surface area contributed by atoms with E-state index in [1.807, 2.05) is 13.0 Å². The number of amides is 1. The van der Waals surface area contributed by atoms with Crippen LogP contribution in [0.4, 0.5) is 5.69 Å². The second-order valence-electron chi connectivity index (χ2n) is 8.00. The number of fused-ring (bicyclic) bond motifs is 1. The first-order valence-electron chi connectivity index (χ1n) is 10.3. The van der Waals surface area contributed by atoms with Gasteiger partial charge in [0.25, 0.3) is 5.69 Å². The van der Waals surface area contributed by atoms with E-state index in [0.717, 1.165) is 11.1 Å². The van der Waals surface area contributed by atoms with Crippen LogP contribution in [0.1, 0.15) is 11.1 Å². The summed E-state index contributed by atoms with van der Waals surface area (Å²) in [5, 5.41) is 11.6. The van der Waals surface area contributed by atoms with Crippen molar-refractivity contribution >= 4 is 32.5 Å². The third-order valence-electron chi connectivity index (χ3n) is 5.81. The third kappa shape index (κ3) is 4.11. The number of rotatable bonds is 5. The Bertz CT molecular complexity index is 1310. The number of aromatic nitrogens is 1. The molecular weight excluding hydrogens is 432 g/mol. The fourth-order valence-corrected chi connectivity index (χ4v) is 5.72. The minimum atomic E-state index is -3.61. The highest BCUT2D eigenvalue weighted by atomic mass is 32.2. The SMILES string of the molecule is Cc1ccc(S(=O)(=O)N2CCN(C(=O)Cn3ccc4cc([N+](=O)[O-])ccc43)CC2)c(C)c1. The molecule has 168 valence electrons. The van der Waals surface area contributed by atoms with Crippen molar-refractivity contribution in [2.45, 2.75) is 25.3 Å². The quantitative estimate of drug-likeness (QED) is 0.434. The summed E-state index contributed by atoms with van der Waals surface area (Å²) < 4.78 is 29.3. The van der Waals surface area contributed by atoms with Crippen LogP contribution in [0.2, 0.25) is 0 Å². The average Bonchev–Trinajstić information content (AvgIpc) is 3.15. The van der Waals surface area contributed by atoms with Crippen LogP contribution in [0.15, 0.2) is 53.6 Å². The molecule has 2 heterocycles. The van der Waals surface area contributed by atoms with Gasteiger partial charge in [-0.15, -0.1) is 0 Å². The molecule has 10 heteroatoms. The number of piperazine rings is 1. The number of nitrogens with zero attached hydrogens (tertiary/aromatic N) is 4. The van der Waals surface area contributed by atoms with E-state index in [1.54, 1.807) is 46.9 Å². The molecule has 1 fully saturated rings. The van der Waals surface area contributed by atoms with Crippen molar-refractivity contribution in [2.24, 2.45) is 0 Å². The van der Waals surface area contributed by atoms with Crippen LogP contribution in [0.3, 0.4) is 0 Å². The minimum absolute atomic E-state index is 0.00252. The van der Waals surface area contributed by atoms with Gasteiger partial charge in [0.2, 0.25) is 15.9 Å². The lowest BCUT2D eigenvalue weighted by Crippen LogP contribution is -2.51. The summed E-state index contributed by atoms with van der Waals surface area (Å²) in [6, 6.07) is 11.5. The van der Waals surface area contributed by atoms with Crippen molar-refractivity contribution < 1.29 is 18.1 Å². The zero-order chi connectivity index (χ0) is 23.0. The van der Waals surface area contributed by atoms with Gasteiger partial charge in [0.05, 0.1) is 9.82 Å². The van der Waals surface area contributed by atoms with Gasteiger partial charge in [0.1, 0.15) is 6.54 Å². The average molecular weight is 457 g/mol. The molecule has 0 N–H and O–H groups in total. The summed E-state index contributed by atoms with van der Waals surface area (Å²) in [6.07, 6.45) is 1.73. The van der Waals surface area contributed by atoms with Gasteiger partial charge in [-0.2, -0.15) is 4.31 Å². The van der Waals surface area contributed by atoms with E-state index < -0.39 is 14.9 Å². The Kier molecular flexibility index (Phi) is 5.74. The summed E-state index contributed by atoms with van der Waals surface area (Å²) in [7, 11) is -3.61. The number of nitro groups is 1. The maximum atomic E-state index is 13.0. The molecular formula is C22H24N4O5S. The first kappa shape index (κ1) is 22.0. The Hall–Kier alpha value is -3.24. The van der Waals surface area contributed by atoms with Crippen molar-refractivity contribution in [3.05, 3.63) is 69.9 Å². The highest BCUT2D eigenvalue weighted by Crippen LogP contribution is 2.24. The fraction of sp³-hybridized carbons (Fsp3) is 0.318. The molecule has 0 radical (unpaired) electrons. The molecule has 1 aliphatic heterocycles. The van der Waals surface area contributed by atoms with Crippen LogP contribution in [0.5, 0.6) is 0 Å². The molecule has 9 nitrogen and oxygen atoms in total. The topological polar surface area (TPSA) is 106 Å². The van der Waals surface area contributed by atoms with Crippen LogP contribution in [0.25, 0.3) is 10.9 Å². The predicted molar refractivity (Wildman–Crippen MR) is 120 cm³/mol. The highest BCUT2D eigenvalue weighted by Gasteiger charge is 2.31. The maximum Gasteiger partial charge on any atom is 0.270 e. The molecule has 0 aliphatic carbocycles. The molecule has 4 rings (SSSR count). The molecule has 0 unspecified atom stereocenters. The first-order chi connectivity index (χ1) is 15.2. The standard InChI is InChI=1S/C22H24N4O5S/c1-16-3-6-21(17(2)13-16)32(30,31)25-11-9-23(10-12-25)22(27)15-24-8-7-18-14-19(26(28)29)4-5-20(18)24/h3-8,13-14H,9-12,15H2,1-2H3. The molecule has 3 aromatic rings. The Morgan fingerprint density at radius 1 is 1.03 bits per heavy atom. The number of nitro benzene ring substituents is 1. The van der Waals surface area contributed by atoms with Gasteiger partial charge in [0, 0.05) is 55.4 Å². The Balaban J connectivity index is 1.43. The maximum absolute atomic E-state index is 13.0. The molecule has 0 atom stereocenters. The lowest BCUT2D eigenvalue weighted by atomic mass is 10.2. The molecule has 32 heavy (non-hydrogen) atoms. The Labute approximate surface area is 186 Å². The number of sulfonamides is 1. The number of hydrogen-bond donors (Lipinski definition) is 0. The van der Waals surface area contributed by atoms with Gasteiger partial charge in [-0.3, -0.25) is 14.9 Å². The summed E-state index contributed by atoms with van der Waals surface area (Å²) in [6.45, 7) is 4.89. The Morgan fingerprint density at radius 2 is 1.75 bits per heavy atom. The van der Waals surface area contributed by atoms with E-state index >= 15 is 0 Å². The molecule has 0 saturated carbocycles. The van der Waals surface area contributed by atoms with Gasteiger partial charge in [0.15, 0.2) is 0 Å². The van der Waals surface area contributed by atoms with E-state index in [9.17, 15) is 23.3 Å². The molecule has 0 bridgehead atoms. The van der Waals surface area contributed by atoms with Gasteiger partial charge in [-0.25, -0.2) is 8.42 Å². The molecule has 1 saturated heterocycles. The van der Waals surface area contributed by atoms with Crippen molar-refractivity contribution in [3.63, 3.8) is 0 Å². The van der Waals surface area contributed by atoms with Gasteiger partial charge < -0.3 is 9.47 Å². The number of non-ortho nitro benzene ring substituents is 1. The molecule has 1 amide bonds. The summed E-state index contributed by atoms with van der Waals surface area (Å²) >= 11 is 0.